The molecule has 3 aromatic carbocycles. The number of hydrogen-bond acceptors (Lipinski definition) is 11. The average Bonchev–Trinajstić information content (AvgIpc) is 4.16. The lowest BCUT2D eigenvalue weighted by atomic mass is 9.72. The number of carbonyl (C=O) groups is 5. The number of rotatable bonds is 10. The van der Waals surface area contributed by atoms with Crippen molar-refractivity contribution in [1.29, 1.82) is 0 Å². The zero-order valence-electron chi connectivity index (χ0n) is 38.2. The predicted octanol–water partition coefficient (Wildman–Crippen LogP) is 5.98. The maximum Gasteiger partial charge on any atom is 0.329 e. The Morgan fingerprint density at radius 2 is 1.76 bits per heavy atom. The SMILES string of the molecule is Cn1nc(N2CCC(=O)NC2=O)c2ccc([C@H]3CCN(CC(=O)N4CC5(C4)CN(c4ccc(-c6cc(F)c7c(c6)C(=O)C(C(C(=O)Nc6nccs6)c6ncn8c6CCC8)C7)cc4)C5)CC3(F)F)cc21. The third kappa shape index (κ3) is 7.53. The van der Waals surface area contributed by atoms with Crippen molar-refractivity contribution in [2.75, 3.05) is 67.5 Å². The van der Waals surface area contributed by atoms with E-state index in [1.807, 2.05) is 28.8 Å². The number of imidazole rings is 1. The number of Topliss-reactive ketones (excluding diaryl/α,β-unsaturated/α-hetero) is 1. The standard InChI is InChI=1S/C50H48F3N11O5S/c1-59-39-19-29(6-9-32(39)45(58-59)64-15-11-40(65)56-48(64)69)36-10-14-60(26-50(36,52)53)21-41(66)63-24-49(25-63)22-62(23-49)31-7-4-28(5-8-31)30-17-34-33(37(51)18-30)20-35(44(34)67)42(46(68)57-47-54-12-16-70-47)43-38-3-2-13-61(38)27-55-43/h4-9,12,16-19,27,35-36,42H,2-3,10-11,13-15,20-26H2,1H3,(H,54,57,68)(H,56,65,69)/t35?,36-,42?/m1/s1. The van der Waals surface area contributed by atoms with Crippen molar-refractivity contribution < 1.29 is 37.1 Å². The van der Waals surface area contributed by atoms with Crippen LogP contribution in [0.15, 0.2) is 72.5 Å². The molecule has 360 valence electrons. The topological polar surface area (TPSA) is 171 Å². The molecule has 5 amide bonds. The van der Waals surface area contributed by atoms with E-state index in [-0.39, 0.29) is 66.8 Å². The number of nitrogens with one attached hydrogen (secondary N) is 2. The van der Waals surface area contributed by atoms with Gasteiger partial charge in [-0.3, -0.25) is 39.0 Å². The van der Waals surface area contributed by atoms with Gasteiger partial charge < -0.3 is 19.7 Å². The van der Waals surface area contributed by atoms with Crippen molar-refractivity contribution >= 4 is 68.4 Å². The molecular weight excluding hydrogens is 924 g/mol. The van der Waals surface area contributed by atoms with Crippen molar-refractivity contribution in [3.8, 4) is 11.1 Å². The van der Waals surface area contributed by atoms with E-state index in [2.05, 4.69) is 30.6 Å². The molecule has 6 aliphatic rings. The van der Waals surface area contributed by atoms with Gasteiger partial charge in [0.05, 0.1) is 42.5 Å². The van der Waals surface area contributed by atoms with Crippen LogP contribution in [0.4, 0.5) is 34.6 Å². The minimum Gasteiger partial charge on any atom is -0.370 e. The number of anilines is 3. The lowest BCUT2D eigenvalue weighted by Crippen LogP contribution is -2.73. The second-order valence-corrected chi connectivity index (χ2v) is 20.7. The highest BCUT2D eigenvalue weighted by molar-refractivity contribution is 7.13. The largest absolute Gasteiger partial charge is 0.370 e. The Morgan fingerprint density at radius 1 is 0.943 bits per heavy atom. The maximum atomic E-state index is 16.0. The number of likely N-dealkylation sites (tertiary alicyclic amines) is 2. The number of alkyl halides is 2. The van der Waals surface area contributed by atoms with Gasteiger partial charge in [0.1, 0.15) is 5.82 Å². The monoisotopic (exact) mass is 971 g/mol. The number of imide groups is 1. The van der Waals surface area contributed by atoms with Gasteiger partial charge in [-0.05, 0) is 90.9 Å². The summed E-state index contributed by atoms with van der Waals surface area (Å²) in [5.74, 6) is -7.22. The van der Waals surface area contributed by atoms with Crippen molar-refractivity contribution in [3.05, 3.63) is 106 Å². The van der Waals surface area contributed by atoms with E-state index in [0.29, 0.717) is 63.9 Å². The van der Waals surface area contributed by atoms with Crippen LogP contribution in [-0.4, -0.2) is 122 Å². The fourth-order valence-corrected chi connectivity index (χ4v) is 12.3. The molecule has 3 aromatic heterocycles. The minimum atomic E-state index is -3.09. The molecular formula is C50H48F3N11O5S. The Labute approximate surface area is 403 Å². The van der Waals surface area contributed by atoms with Gasteiger partial charge in [0.25, 0.3) is 5.92 Å². The van der Waals surface area contributed by atoms with E-state index in [9.17, 15) is 24.0 Å². The molecule has 12 rings (SSSR count). The zero-order valence-corrected chi connectivity index (χ0v) is 39.0. The summed E-state index contributed by atoms with van der Waals surface area (Å²) >= 11 is 1.28. The number of carbonyl (C=O) groups excluding carboxylic acids is 5. The van der Waals surface area contributed by atoms with Crippen LogP contribution >= 0.6 is 11.3 Å². The first-order valence-electron chi connectivity index (χ1n) is 23.6. The summed E-state index contributed by atoms with van der Waals surface area (Å²) in [5.41, 5.74) is 5.33. The number of fused-ring (bicyclic) bond motifs is 3. The molecule has 0 saturated carbocycles. The second kappa shape index (κ2) is 16.6. The molecule has 20 heteroatoms. The summed E-state index contributed by atoms with van der Waals surface area (Å²) in [6.07, 6.45) is 5.36. The Morgan fingerprint density at radius 3 is 2.51 bits per heavy atom. The summed E-state index contributed by atoms with van der Waals surface area (Å²) in [7, 11) is 1.69. The van der Waals surface area contributed by atoms with E-state index in [0.717, 1.165) is 49.4 Å². The summed E-state index contributed by atoms with van der Waals surface area (Å²) in [4.78, 5) is 81.4. The number of amides is 5. The number of urea groups is 1. The molecule has 8 heterocycles. The van der Waals surface area contributed by atoms with E-state index in [4.69, 9.17) is 0 Å². The predicted molar refractivity (Wildman–Crippen MR) is 254 cm³/mol. The van der Waals surface area contributed by atoms with E-state index < -0.39 is 42.1 Å². The molecule has 4 saturated heterocycles. The van der Waals surface area contributed by atoms with Crippen LogP contribution in [0.2, 0.25) is 0 Å². The fourth-order valence-electron chi connectivity index (χ4n) is 11.8. The average molecular weight is 972 g/mol. The molecule has 4 fully saturated rings. The molecule has 6 aromatic rings. The number of aromatic nitrogens is 5. The Kier molecular flexibility index (Phi) is 10.5. The van der Waals surface area contributed by atoms with E-state index in [1.54, 1.807) is 63.7 Å². The maximum absolute atomic E-state index is 16.0. The van der Waals surface area contributed by atoms with Crippen molar-refractivity contribution in [2.45, 2.75) is 56.4 Å². The zero-order chi connectivity index (χ0) is 48.2. The Balaban J connectivity index is 0.651. The number of piperidine rings is 1. The lowest BCUT2D eigenvalue weighted by molar-refractivity contribution is -0.149. The summed E-state index contributed by atoms with van der Waals surface area (Å²) in [6, 6.07) is 15.4. The van der Waals surface area contributed by atoms with Gasteiger partial charge >= 0.3 is 6.03 Å². The lowest BCUT2D eigenvalue weighted by Gasteiger charge is -2.61. The second-order valence-electron chi connectivity index (χ2n) is 19.8. The number of ketones is 1. The van der Waals surface area contributed by atoms with Gasteiger partial charge in [0.2, 0.25) is 17.7 Å². The van der Waals surface area contributed by atoms with Gasteiger partial charge in [-0.2, -0.15) is 5.10 Å². The highest BCUT2D eigenvalue weighted by atomic mass is 32.1. The number of thiazole rings is 1. The van der Waals surface area contributed by atoms with Crippen LogP contribution in [0.25, 0.3) is 22.0 Å². The van der Waals surface area contributed by atoms with Gasteiger partial charge in [0.15, 0.2) is 16.7 Å². The van der Waals surface area contributed by atoms with Crippen LogP contribution in [0.3, 0.4) is 0 Å². The molecule has 1 spiro atoms. The Hall–Kier alpha value is -6.93. The molecule has 0 bridgehead atoms. The van der Waals surface area contributed by atoms with Crippen LogP contribution in [0, 0.1) is 17.2 Å². The van der Waals surface area contributed by atoms with Crippen molar-refractivity contribution in [2.24, 2.45) is 18.4 Å². The highest BCUT2D eigenvalue weighted by Crippen LogP contribution is 2.46. The molecule has 16 nitrogen and oxygen atoms in total. The Bertz CT molecular complexity index is 3140. The van der Waals surface area contributed by atoms with Crippen molar-refractivity contribution in [3.63, 3.8) is 0 Å². The summed E-state index contributed by atoms with van der Waals surface area (Å²) < 4.78 is 51.4. The normalized spacial score (nSPS) is 21.9. The molecule has 0 radical (unpaired) electrons. The van der Waals surface area contributed by atoms with Gasteiger partial charge in [0, 0.05) is 98.0 Å². The summed E-state index contributed by atoms with van der Waals surface area (Å²) in [6.45, 7) is 3.24. The molecule has 2 N–H and O–H groups in total. The number of benzene rings is 3. The number of aryl methyl sites for hydroxylation is 2. The smallest absolute Gasteiger partial charge is 0.329 e. The van der Waals surface area contributed by atoms with E-state index >= 15 is 13.2 Å². The first-order valence-corrected chi connectivity index (χ1v) is 24.5. The third-order valence-corrected chi connectivity index (χ3v) is 16.0. The molecule has 2 unspecified atom stereocenters. The molecule has 5 aliphatic heterocycles. The van der Waals surface area contributed by atoms with Crippen LogP contribution < -0.4 is 20.4 Å². The third-order valence-electron chi connectivity index (χ3n) is 15.3. The van der Waals surface area contributed by atoms with Gasteiger partial charge in [-0.15, -0.1) is 11.3 Å². The fraction of sp³-hybridized carbons (Fsp3) is 0.400. The molecule has 1 aliphatic carbocycles. The quantitative estimate of drug-likeness (QED) is 0.167. The first-order chi connectivity index (χ1) is 33.7. The number of halogens is 3. The first kappa shape index (κ1) is 44.3. The van der Waals surface area contributed by atoms with Crippen molar-refractivity contribution in [1.82, 2.24) is 39.4 Å². The van der Waals surface area contributed by atoms with E-state index in [1.165, 1.54) is 22.3 Å². The van der Waals surface area contributed by atoms with Gasteiger partial charge in [-0.1, -0.05) is 18.2 Å². The van der Waals surface area contributed by atoms with Crippen LogP contribution in [0.5, 0.6) is 0 Å². The summed E-state index contributed by atoms with van der Waals surface area (Å²) in [5, 5.41) is 12.4. The highest BCUT2D eigenvalue weighted by Gasteiger charge is 2.54. The molecule has 3 atom stereocenters. The minimum absolute atomic E-state index is 0.0729. The number of nitrogens with zero attached hydrogens (tertiary/aromatic N) is 9. The van der Waals surface area contributed by atoms with Crippen LogP contribution in [0.1, 0.15) is 64.0 Å². The molecule has 70 heavy (non-hydrogen) atoms. The van der Waals surface area contributed by atoms with Crippen LogP contribution in [-0.2, 0) is 40.8 Å². The number of hydrogen-bond donors (Lipinski definition) is 2. The van der Waals surface area contributed by atoms with Gasteiger partial charge in [-0.25, -0.2) is 27.9 Å².